The molecular weight excluding hydrogens is 253 g/mol. The van der Waals surface area contributed by atoms with Gasteiger partial charge in [-0.2, -0.15) is 13.2 Å². The molecule has 0 heterocycles. The van der Waals surface area contributed by atoms with Gasteiger partial charge in [-0.25, -0.2) is 0 Å². The van der Waals surface area contributed by atoms with E-state index in [1.165, 1.54) is 6.92 Å². The SMILES string of the molecule is CC(=O)NCc1ccc(C(F)(F)F)cc1[N+](=O)[O-]. The summed E-state index contributed by atoms with van der Waals surface area (Å²) in [5, 5.41) is 13.0. The molecule has 0 fully saturated rings. The molecule has 1 N–H and O–H groups in total. The molecule has 98 valence electrons. The fourth-order valence-corrected chi connectivity index (χ4v) is 1.28. The van der Waals surface area contributed by atoms with Gasteiger partial charge in [0, 0.05) is 25.1 Å². The van der Waals surface area contributed by atoms with Crippen LogP contribution in [0, 0.1) is 10.1 Å². The van der Waals surface area contributed by atoms with E-state index in [-0.39, 0.29) is 12.1 Å². The van der Waals surface area contributed by atoms with E-state index in [9.17, 15) is 28.1 Å². The van der Waals surface area contributed by atoms with E-state index in [2.05, 4.69) is 5.32 Å². The van der Waals surface area contributed by atoms with Gasteiger partial charge < -0.3 is 5.32 Å². The lowest BCUT2D eigenvalue weighted by atomic mass is 10.1. The second-order valence-electron chi connectivity index (χ2n) is 3.51. The number of nitrogens with zero attached hydrogens (tertiary/aromatic N) is 1. The van der Waals surface area contributed by atoms with Crippen LogP contribution >= 0.6 is 0 Å². The molecule has 8 heteroatoms. The molecule has 0 spiro atoms. The summed E-state index contributed by atoms with van der Waals surface area (Å²) in [7, 11) is 0. The Morgan fingerprint density at radius 2 is 2.06 bits per heavy atom. The van der Waals surface area contributed by atoms with Crippen molar-refractivity contribution in [2.24, 2.45) is 0 Å². The molecule has 5 nitrogen and oxygen atoms in total. The van der Waals surface area contributed by atoms with Crippen molar-refractivity contribution in [3.05, 3.63) is 39.4 Å². The Bertz CT molecular complexity index is 486. The van der Waals surface area contributed by atoms with Crippen molar-refractivity contribution in [1.29, 1.82) is 0 Å². The van der Waals surface area contributed by atoms with Gasteiger partial charge >= 0.3 is 6.18 Å². The first-order chi connectivity index (χ1) is 8.21. The third kappa shape index (κ3) is 3.44. The van der Waals surface area contributed by atoms with Crippen molar-refractivity contribution in [2.45, 2.75) is 19.6 Å². The summed E-state index contributed by atoms with van der Waals surface area (Å²) in [5.41, 5.74) is -1.75. The summed E-state index contributed by atoms with van der Waals surface area (Å²) in [6, 6.07) is 2.18. The summed E-state index contributed by atoms with van der Waals surface area (Å²) in [6.07, 6.45) is -4.64. The minimum atomic E-state index is -4.64. The second kappa shape index (κ2) is 5.03. The van der Waals surface area contributed by atoms with Gasteiger partial charge in [-0.05, 0) is 12.1 Å². The van der Waals surface area contributed by atoms with Crippen LogP contribution in [0.3, 0.4) is 0 Å². The summed E-state index contributed by atoms with van der Waals surface area (Å²) in [5.74, 6) is -0.427. The van der Waals surface area contributed by atoms with Crippen LogP contribution in [0.4, 0.5) is 18.9 Å². The third-order valence-corrected chi connectivity index (χ3v) is 2.14. The molecule has 18 heavy (non-hydrogen) atoms. The lowest BCUT2D eigenvalue weighted by Crippen LogP contribution is -2.20. The molecule has 1 rings (SSSR count). The lowest BCUT2D eigenvalue weighted by Gasteiger charge is -2.09. The number of rotatable bonds is 3. The summed E-state index contributed by atoms with van der Waals surface area (Å²) in [6.45, 7) is 1.01. The van der Waals surface area contributed by atoms with Crippen LogP contribution in [0.2, 0.25) is 0 Å². The molecule has 0 radical (unpaired) electrons. The van der Waals surface area contributed by atoms with Gasteiger partial charge in [0.1, 0.15) is 0 Å². The molecule has 0 atom stereocenters. The van der Waals surface area contributed by atoms with E-state index >= 15 is 0 Å². The second-order valence-corrected chi connectivity index (χ2v) is 3.51. The Balaban J connectivity index is 3.13. The van der Waals surface area contributed by atoms with Crippen molar-refractivity contribution in [2.75, 3.05) is 0 Å². The van der Waals surface area contributed by atoms with Crippen LogP contribution in [-0.4, -0.2) is 10.8 Å². The first-order valence-electron chi connectivity index (χ1n) is 4.80. The van der Waals surface area contributed by atoms with Crippen LogP contribution < -0.4 is 5.32 Å². The zero-order valence-corrected chi connectivity index (χ0v) is 9.25. The van der Waals surface area contributed by atoms with Crippen molar-refractivity contribution in [1.82, 2.24) is 5.32 Å². The number of carbonyl (C=O) groups is 1. The van der Waals surface area contributed by atoms with E-state index in [1.54, 1.807) is 0 Å². The van der Waals surface area contributed by atoms with Gasteiger partial charge in [0.25, 0.3) is 5.69 Å². The van der Waals surface area contributed by atoms with Crippen LogP contribution in [0.5, 0.6) is 0 Å². The van der Waals surface area contributed by atoms with Crippen molar-refractivity contribution in [3.63, 3.8) is 0 Å². The van der Waals surface area contributed by atoms with Gasteiger partial charge in [-0.3, -0.25) is 14.9 Å². The number of carbonyl (C=O) groups excluding carboxylic acids is 1. The average molecular weight is 262 g/mol. The molecule has 0 saturated heterocycles. The fourth-order valence-electron chi connectivity index (χ4n) is 1.28. The summed E-state index contributed by atoms with van der Waals surface area (Å²) < 4.78 is 37.2. The van der Waals surface area contributed by atoms with Gasteiger partial charge in [0.15, 0.2) is 0 Å². The predicted molar refractivity (Wildman–Crippen MR) is 55.6 cm³/mol. The zero-order chi connectivity index (χ0) is 13.9. The summed E-state index contributed by atoms with van der Waals surface area (Å²) in [4.78, 5) is 20.4. The van der Waals surface area contributed by atoms with E-state index in [0.29, 0.717) is 6.07 Å². The number of alkyl halides is 3. The number of hydrogen-bond donors (Lipinski definition) is 1. The monoisotopic (exact) mass is 262 g/mol. The Hall–Kier alpha value is -2.12. The number of nitro groups is 1. The summed E-state index contributed by atoms with van der Waals surface area (Å²) >= 11 is 0. The molecule has 0 aliphatic heterocycles. The quantitative estimate of drug-likeness (QED) is 0.670. The van der Waals surface area contributed by atoms with Crippen LogP contribution in [0.15, 0.2) is 18.2 Å². The average Bonchev–Trinajstić information content (AvgIpc) is 2.24. The Morgan fingerprint density at radius 1 is 1.44 bits per heavy atom. The molecule has 0 aromatic heterocycles. The number of nitrogens with one attached hydrogen (secondary N) is 1. The molecule has 0 bridgehead atoms. The Labute approximate surface area is 99.8 Å². The number of halogens is 3. The predicted octanol–water partition coefficient (Wildman–Crippen LogP) is 2.25. The van der Waals surface area contributed by atoms with Gasteiger partial charge in [-0.1, -0.05) is 0 Å². The Morgan fingerprint density at radius 3 is 2.50 bits per heavy atom. The maximum absolute atomic E-state index is 12.4. The van der Waals surface area contributed by atoms with Gasteiger partial charge in [-0.15, -0.1) is 0 Å². The number of amides is 1. The van der Waals surface area contributed by atoms with Crippen molar-refractivity contribution in [3.8, 4) is 0 Å². The highest BCUT2D eigenvalue weighted by Gasteiger charge is 2.32. The highest BCUT2D eigenvalue weighted by molar-refractivity contribution is 5.73. The fraction of sp³-hybridized carbons (Fsp3) is 0.300. The molecule has 0 unspecified atom stereocenters. The topological polar surface area (TPSA) is 72.2 Å². The minimum Gasteiger partial charge on any atom is -0.352 e. The van der Waals surface area contributed by atoms with Crippen LogP contribution in [0.1, 0.15) is 18.1 Å². The van der Waals surface area contributed by atoms with E-state index in [4.69, 9.17) is 0 Å². The standard InChI is InChI=1S/C10H9F3N2O3/c1-6(16)14-5-7-2-3-8(10(11,12)13)4-9(7)15(17)18/h2-4H,5H2,1H3,(H,14,16). The smallest absolute Gasteiger partial charge is 0.352 e. The zero-order valence-electron chi connectivity index (χ0n) is 9.25. The largest absolute Gasteiger partial charge is 0.416 e. The van der Waals surface area contributed by atoms with E-state index in [0.717, 1.165) is 12.1 Å². The number of hydrogen-bond acceptors (Lipinski definition) is 3. The number of nitro benzene ring substituents is 1. The third-order valence-electron chi connectivity index (χ3n) is 2.14. The highest BCUT2D eigenvalue weighted by Crippen LogP contribution is 2.32. The first kappa shape index (κ1) is 13.9. The first-order valence-corrected chi connectivity index (χ1v) is 4.80. The molecule has 0 aliphatic rings. The van der Waals surface area contributed by atoms with E-state index < -0.39 is 28.3 Å². The molecule has 1 aromatic rings. The number of benzene rings is 1. The molecule has 0 aliphatic carbocycles. The van der Waals surface area contributed by atoms with Gasteiger partial charge in [0.05, 0.1) is 10.5 Å². The molecule has 0 saturated carbocycles. The maximum atomic E-state index is 12.4. The Kier molecular flexibility index (Phi) is 3.89. The molecule has 1 amide bonds. The van der Waals surface area contributed by atoms with Crippen LogP contribution in [-0.2, 0) is 17.5 Å². The molecule has 1 aromatic carbocycles. The maximum Gasteiger partial charge on any atom is 0.416 e. The van der Waals surface area contributed by atoms with Crippen molar-refractivity contribution < 1.29 is 22.9 Å². The van der Waals surface area contributed by atoms with Crippen molar-refractivity contribution >= 4 is 11.6 Å². The molecular formula is C10H9F3N2O3. The highest BCUT2D eigenvalue weighted by atomic mass is 19.4. The lowest BCUT2D eigenvalue weighted by molar-refractivity contribution is -0.385. The van der Waals surface area contributed by atoms with Gasteiger partial charge in [0.2, 0.25) is 5.91 Å². The minimum absolute atomic E-state index is 0.0169. The van der Waals surface area contributed by atoms with E-state index in [1.807, 2.05) is 0 Å². The normalized spacial score (nSPS) is 11.1. The van der Waals surface area contributed by atoms with Crippen LogP contribution in [0.25, 0.3) is 0 Å².